The molecule has 2 aromatic heterocycles. The fourth-order valence-corrected chi connectivity index (χ4v) is 3.28. The number of carbonyl (C=O) groups is 1. The topological polar surface area (TPSA) is 75.9 Å². The molecule has 0 aliphatic carbocycles. The van der Waals surface area contributed by atoms with E-state index in [1.54, 1.807) is 6.33 Å². The van der Waals surface area contributed by atoms with Crippen molar-refractivity contribution in [3.05, 3.63) is 65.2 Å². The van der Waals surface area contributed by atoms with Crippen molar-refractivity contribution < 1.29 is 4.79 Å². The van der Waals surface area contributed by atoms with Gasteiger partial charge >= 0.3 is 0 Å². The minimum absolute atomic E-state index is 0.0596. The van der Waals surface area contributed by atoms with Crippen LogP contribution in [0.3, 0.4) is 0 Å². The molecular formula is C22H28N6O. The molecule has 152 valence electrons. The summed E-state index contributed by atoms with van der Waals surface area (Å²) < 4.78 is 1.83. The molecule has 0 saturated heterocycles. The standard InChI is InChI=1S/C22H28N6O/c1-16-19(10-11-22(29)23-13-12-18-8-6-5-7-9-18)17(2)28(26-16)21-14-20(27(3)4)24-15-25-21/h5-9,14-15H,10-13H2,1-4H3,(H,23,29). The molecule has 0 unspecified atom stereocenters. The average molecular weight is 393 g/mol. The number of benzene rings is 1. The number of hydrogen-bond acceptors (Lipinski definition) is 5. The number of aromatic nitrogens is 4. The first-order valence-corrected chi connectivity index (χ1v) is 9.81. The number of hydrogen-bond donors (Lipinski definition) is 1. The molecule has 0 aliphatic rings. The molecule has 2 heterocycles. The van der Waals surface area contributed by atoms with Gasteiger partial charge in [-0.05, 0) is 37.8 Å². The minimum Gasteiger partial charge on any atom is -0.363 e. The maximum Gasteiger partial charge on any atom is 0.220 e. The van der Waals surface area contributed by atoms with Gasteiger partial charge in [0.05, 0.1) is 5.69 Å². The first-order chi connectivity index (χ1) is 14.0. The molecule has 0 fully saturated rings. The molecule has 0 spiro atoms. The van der Waals surface area contributed by atoms with Gasteiger partial charge in [-0.15, -0.1) is 0 Å². The molecule has 0 bridgehead atoms. The number of anilines is 1. The summed E-state index contributed by atoms with van der Waals surface area (Å²) >= 11 is 0. The largest absolute Gasteiger partial charge is 0.363 e. The summed E-state index contributed by atoms with van der Waals surface area (Å²) in [6.45, 7) is 4.63. The van der Waals surface area contributed by atoms with Crippen molar-refractivity contribution in [2.75, 3.05) is 25.5 Å². The van der Waals surface area contributed by atoms with E-state index < -0.39 is 0 Å². The fourth-order valence-electron chi connectivity index (χ4n) is 3.28. The van der Waals surface area contributed by atoms with E-state index in [-0.39, 0.29) is 5.91 Å². The lowest BCUT2D eigenvalue weighted by Crippen LogP contribution is -2.26. The Balaban J connectivity index is 1.60. The van der Waals surface area contributed by atoms with E-state index in [4.69, 9.17) is 0 Å². The van der Waals surface area contributed by atoms with Gasteiger partial charge in [0.15, 0.2) is 5.82 Å². The van der Waals surface area contributed by atoms with Gasteiger partial charge in [-0.1, -0.05) is 30.3 Å². The molecule has 7 nitrogen and oxygen atoms in total. The van der Waals surface area contributed by atoms with E-state index in [9.17, 15) is 4.79 Å². The molecule has 0 saturated carbocycles. The maximum absolute atomic E-state index is 12.3. The summed E-state index contributed by atoms with van der Waals surface area (Å²) in [7, 11) is 3.88. The van der Waals surface area contributed by atoms with Crippen LogP contribution in [0.1, 0.15) is 28.9 Å². The van der Waals surface area contributed by atoms with Gasteiger partial charge < -0.3 is 10.2 Å². The first kappa shape index (κ1) is 20.5. The van der Waals surface area contributed by atoms with Gasteiger partial charge in [-0.3, -0.25) is 4.79 Å². The van der Waals surface area contributed by atoms with E-state index in [2.05, 4.69) is 32.5 Å². The minimum atomic E-state index is 0.0596. The molecule has 1 N–H and O–H groups in total. The number of nitrogens with zero attached hydrogens (tertiary/aromatic N) is 5. The van der Waals surface area contributed by atoms with Gasteiger partial charge in [0.2, 0.25) is 5.91 Å². The quantitative estimate of drug-likeness (QED) is 0.638. The van der Waals surface area contributed by atoms with Gasteiger partial charge in [0.1, 0.15) is 12.1 Å². The second kappa shape index (κ2) is 9.32. The Labute approximate surface area is 171 Å². The smallest absolute Gasteiger partial charge is 0.220 e. The van der Waals surface area contributed by atoms with Crippen LogP contribution in [-0.2, 0) is 17.6 Å². The monoisotopic (exact) mass is 392 g/mol. The molecule has 3 aromatic rings. The third kappa shape index (κ3) is 5.19. The van der Waals surface area contributed by atoms with E-state index in [0.717, 1.165) is 35.0 Å². The van der Waals surface area contributed by atoms with Crippen LogP contribution in [0.25, 0.3) is 5.82 Å². The van der Waals surface area contributed by atoms with Gasteiger partial charge in [-0.2, -0.15) is 5.10 Å². The summed E-state index contributed by atoms with van der Waals surface area (Å²) in [6, 6.07) is 12.1. The van der Waals surface area contributed by atoms with E-state index in [0.29, 0.717) is 19.4 Å². The van der Waals surface area contributed by atoms with Crippen LogP contribution < -0.4 is 10.2 Å². The van der Waals surface area contributed by atoms with Gasteiger partial charge in [0, 0.05) is 38.8 Å². The van der Waals surface area contributed by atoms with Crippen molar-refractivity contribution in [3.8, 4) is 5.82 Å². The molecule has 29 heavy (non-hydrogen) atoms. The molecule has 0 aliphatic heterocycles. The highest BCUT2D eigenvalue weighted by molar-refractivity contribution is 5.76. The number of nitrogens with one attached hydrogen (secondary N) is 1. The van der Waals surface area contributed by atoms with Crippen LogP contribution in [0, 0.1) is 13.8 Å². The number of rotatable bonds is 8. The Bertz CT molecular complexity index is 965. The second-order valence-corrected chi connectivity index (χ2v) is 7.28. The Morgan fingerprint density at radius 1 is 1.10 bits per heavy atom. The van der Waals surface area contributed by atoms with Crippen molar-refractivity contribution in [2.45, 2.75) is 33.1 Å². The summed E-state index contributed by atoms with van der Waals surface area (Å²) in [5.41, 5.74) is 4.24. The van der Waals surface area contributed by atoms with Crippen LogP contribution >= 0.6 is 0 Å². The highest BCUT2D eigenvalue weighted by Crippen LogP contribution is 2.19. The fraction of sp³-hybridized carbons (Fsp3) is 0.364. The predicted molar refractivity (Wildman–Crippen MR) is 114 cm³/mol. The summed E-state index contributed by atoms with van der Waals surface area (Å²) in [4.78, 5) is 22.8. The SMILES string of the molecule is Cc1nn(-c2cc(N(C)C)ncn2)c(C)c1CCC(=O)NCCc1ccccc1. The van der Waals surface area contributed by atoms with Crippen LogP contribution in [0.4, 0.5) is 5.82 Å². The second-order valence-electron chi connectivity index (χ2n) is 7.28. The highest BCUT2D eigenvalue weighted by atomic mass is 16.1. The zero-order valence-corrected chi connectivity index (χ0v) is 17.5. The Hall–Kier alpha value is -3.22. The molecule has 7 heteroatoms. The number of carbonyl (C=O) groups excluding carboxylic acids is 1. The molecule has 0 radical (unpaired) electrons. The number of amides is 1. The van der Waals surface area contributed by atoms with Crippen LogP contribution in [-0.4, -0.2) is 46.3 Å². The first-order valence-electron chi connectivity index (χ1n) is 9.81. The third-order valence-corrected chi connectivity index (χ3v) is 4.94. The van der Waals surface area contributed by atoms with Crippen molar-refractivity contribution >= 4 is 11.7 Å². The summed E-state index contributed by atoms with van der Waals surface area (Å²) in [5.74, 6) is 1.61. The van der Waals surface area contributed by atoms with Gasteiger partial charge in [-0.25, -0.2) is 14.6 Å². The zero-order chi connectivity index (χ0) is 20.8. The lowest BCUT2D eigenvalue weighted by Gasteiger charge is -2.12. The molecule has 1 aromatic carbocycles. The Morgan fingerprint density at radius 3 is 2.59 bits per heavy atom. The molecular weight excluding hydrogens is 364 g/mol. The zero-order valence-electron chi connectivity index (χ0n) is 17.5. The van der Waals surface area contributed by atoms with E-state index >= 15 is 0 Å². The van der Waals surface area contributed by atoms with Crippen LogP contribution in [0.5, 0.6) is 0 Å². The molecule has 1 amide bonds. The maximum atomic E-state index is 12.3. The lowest BCUT2D eigenvalue weighted by molar-refractivity contribution is -0.121. The highest BCUT2D eigenvalue weighted by Gasteiger charge is 2.15. The Morgan fingerprint density at radius 2 is 1.86 bits per heavy atom. The van der Waals surface area contributed by atoms with Gasteiger partial charge in [0.25, 0.3) is 0 Å². The third-order valence-electron chi connectivity index (χ3n) is 4.94. The molecule has 0 atom stereocenters. The van der Waals surface area contributed by atoms with Crippen molar-refractivity contribution in [3.63, 3.8) is 0 Å². The summed E-state index contributed by atoms with van der Waals surface area (Å²) in [6.07, 6.45) is 3.47. The summed E-state index contributed by atoms with van der Waals surface area (Å²) in [5, 5.41) is 7.64. The van der Waals surface area contributed by atoms with E-state index in [1.165, 1.54) is 5.56 Å². The van der Waals surface area contributed by atoms with Crippen molar-refractivity contribution in [2.24, 2.45) is 0 Å². The van der Waals surface area contributed by atoms with E-state index in [1.807, 2.05) is 61.8 Å². The average Bonchev–Trinajstić information content (AvgIpc) is 3.01. The van der Waals surface area contributed by atoms with Crippen molar-refractivity contribution in [1.29, 1.82) is 0 Å². The lowest BCUT2D eigenvalue weighted by atomic mass is 10.1. The van der Waals surface area contributed by atoms with Crippen LogP contribution in [0.15, 0.2) is 42.7 Å². The number of aryl methyl sites for hydroxylation is 1. The van der Waals surface area contributed by atoms with Crippen LogP contribution in [0.2, 0.25) is 0 Å². The Kier molecular flexibility index (Phi) is 6.59. The normalized spacial score (nSPS) is 10.8. The van der Waals surface area contributed by atoms with Crippen molar-refractivity contribution in [1.82, 2.24) is 25.1 Å². The molecule has 3 rings (SSSR count). The predicted octanol–water partition coefficient (Wildman–Crippen LogP) is 2.64.